The summed E-state index contributed by atoms with van der Waals surface area (Å²) in [5, 5.41) is 11.3. The average Bonchev–Trinajstić information content (AvgIpc) is 3.36. The van der Waals surface area contributed by atoms with E-state index in [0.29, 0.717) is 12.5 Å². The molecule has 2 atom stereocenters. The van der Waals surface area contributed by atoms with E-state index in [2.05, 4.69) is 78.1 Å². The number of nitrogens with one attached hydrogen (secondary N) is 2. The van der Waals surface area contributed by atoms with Crippen LogP contribution in [-0.2, 0) is 17.8 Å². The molecule has 0 saturated carbocycles. The molecule has 2 heterocycles. The molecule has 2 aromatic carbocycles. The third-order valence-corrected chi connectivity index (χ3v) is 6.14. The monoisotopic (exact) mass is 445 g/mol. The zero-order valence-corrected chi connectivity index (χ0v) is 19.7. The van der Waals surface area contributed by atoms with Crippen LogP contribution in [0.15, 0.2) is 72.0 Å². The zero-order chi connectivity index (χ0) is 22.9. The first-order chi connectivity index (χ1) is 16.2. The van der Waals surface area contributed by atoms with Crippen LogP contribution in [0.5, 0.6) is 0 Å². The van der Waals surface area contributed by atoms with Gasteiger partial charge in [-0.3, -0.25) is 4.68 Å². The van der Waals surface area contributed by atoms with Crippen molar-refractivity contribution in [1.82, 2.24) is 20.4 Å². The summed E-state index contributed by atoms with van der Waals surface area (Å²) in [6, 6.07) is 19.1. The summed E-state index contributed by atoms with van der Waals surface area (Å²) in [6.07, 6.45) is 6.18. The van der Waals surface area contributed by atoms with E-state index in [1.54, 1.807) is 0 Å². The van der Waals surface area contributed by atoms with Crippen molar-refractivity contribution in [2.24, 2.45) is 10.9 Å². The van der Waals surface area contributed by atoms with Crippen LogP contribution in [-0.4, -0.2) is 35.4 Å². The summed E-state index contributed by atoms with van der Waals surface area (Å²) in [4.78, 5) is 4.89. The average molecular weight is 446 g/mol. The van der Waals surface area contributed by atoms with Crippen LogP contribution in [0, 0.1) is 12.8 Å². The van der Waals surface area contributed by atoms with Gasteiger partial charge >= 0.3 is 0 Å². The Morgan fingerprint density at radius 3 is 2.67 bits per heavy atom. The maximum atomic E-state index is 6.20. The van der Waals surface area contributed by atoms with Gasteiger partial charge in [0.15, 0.2) is 5.96 Å². The van der Waals surface area contributed by atoms with Gasteiger partial charge in [0, 0.05) is 38.0 Å². The largest absolute Gasteiger partial charge is 0.373 e. The molecule has 33 heavy (non-hydrogen) atoms. The Morgan fingerprint density at radius 1 is 1.09 bits per heavy atom. The first kappa shape index (κ1) is 23.1. The van der Waals surface area contributed by atoms with Gasteiger partial charge in [0.1, 0.15) is 0 Å². The third kappa shape index (κ3) is 6.45. The predicted molar refractivity (Wildman–Crippen MR) is 133 cm³/mol. The van der Waals surface area contributed by atoms with Crippen molar-refractivity contribution in [3.63, 3.8) is 0 Å². The molecule has 1 aliphatic heterocycles. The Kier molecular flexibility index (Phi) is 8.14. The topological polar surface area (TPSA) is 63.5 Å². The van der Waals surface area contributed by atoms with Crippen molar-refractivity contribution < 1.29 is 4.74 Å². The number of rotatable bonds is 8. The molecule has 3 aromatic rings. The van der Waals surface area contributed by atoms with Gasteiger partial charge in [-0.25, -0.2) is 4.99 Å². The van der Waals surface area contributed by atoms with E-state index in [0.717, 1.165) is 45.0 Å². The minimum Gasteiger partial charge on any atom is -0.373 e. The number of aryl methyl sites for hydroxylation is 1. The standard InChI is InChI=1S/C27H35N5O/c1-3-28-27(29-18-23-8-4-5-9-25(23)20-32-16-7-15-31-32)30-19-24-10-6-17-33-26(24)22-13-11-21(2)12-14-22/h4-5,7-9,11-16,24,26H,3,6,10,17-20H2,1-2H3,(H2,28,29,30). The van der Waals surface area contributed by atoms with Crippen molar-refractivity contribution in [2.75, 3.05) is 19.7 Å². The third-order valence-electron chi connectivity index (χ3n) is 6.14. The van der Waals surface area contributed by atoms with Crippen LogP contribution in [0.2, 0.25) is 0 Å². The fraction of sp³-hybridized carbons (Fsp3) is 0.407. The molecule has 0 bridgehead atoms. The SMILES string of the molecule is CCNC(=NCc1ccccc1Cn1cccn1)NCC1CCCOC1c1ccc(C)cc1. The minimum absolute atomic E-state index is 0.129. The van der Waals surface area contributed by atoms with Gasteiger partial charge in [0.2, 0.25) is 0 Å². The number of guanidine groups is 1. The zero-order valence-electron chi connectivity index (χ0n) is 19.7. The summed E-state index contributed by atoms with van der Waals surface area (Å²) in [6.45, 7) is 8.08. The molecule has 0 aliphatic carbocycles. The summed E-state index contributed by atoms with van der Waals surface area (Å²) < 4.78 is 8.14. The number of hydrogen-bond donors (Lipinski definition) is 2. The van der Waals surface area contributed by atoms with Crippen LogP contribution < -0.4 is 10.6 Å². The Bertz CT molecular complexity index is 1010. The molecule has 0 amide bonds. The van der Waals surface area contributed by atoms with E-state index >= 15 is 0 Å². The predicted octanol–water partition coefficient (Wildman–Crippen LogP) is 4.46. The molecule has 1 aromatic heterocycles. The first-order valence-corrected chi connectivity index (χ1v) is 12.0. The molecule has 6 nitrogen and oxygen atoms in total. The van der Waals surface area contributed by atoms with Crippen LogP contribution in [0.3, 0.4) is 0 Å². The molecule has 2 unspecified atom stereocenters. The van der Waals surface area contributed by atoms with Crippen molar-refractivity contribution in [1.29, 1.82) is 0 Å². The molecule has 4 rings (SSSR count). The van der Waals surface area contributed by atoms with Gasteiger partial charge < -0.3 is 15.4 Å². The highest BCUT2D eigenvalue weighted by Gasteiger charge is 2.27. The summed E-state index contributed by atoms with van der Waals surface area (Å²) in [7, 11) is 0. The highest BCUT2D eigenvalue weighted by Crippen LogP contribution is 2.33. The normalized spacial score (nSPS) is 18.8. The van der Waals surface area contributed by atoms with E-state index in [9.17, 15) is 0 Å². The molecule has 1 fully saturated rings. The van der Waals surface area contributed by atoms with E-state index in [1.807, 2.05) is 23.1 Å². The molecule has 174 valence electrons. The quantitative estimate of drug-likeness (QED) is 0.397. The lowest BCUT2D eigenvalue weighted by Crippen LogP contribution is -2.42. The number of nitrogens with zero attached hydrogens (tertiary/aromatic N) is 3. The van der Waals surface area contributed by atoms with Crippen LogP contribution in [0.1, 0.15) is 48.1 Å². The maximum absolute atomic E-state index is 6.20. The van der Waals surface area contributed by atoms with Crippen molar-refractivity contribution in [3.05, 3.63) is 89.2 Å². The molecular formula is C27H35N5O. The molecule has 1 aliphatic rings. The van der Waals surface area contributed by atoms with E-state index in [-0.39, 0.29) is 6.10 Å². The highest BCUT2D eigenvalue weighted by atomic mass is 16.5. The minimum atomic E-state index is 0.129. The van der Waals surface area contributed by atoms with Crippen LogP contribution >= 0.6 is 0 Å². The lowest BCUT2D eigenvalue weighted by molar-refractivity contribution is -0.0265. The summed E-state index contributed by atoms with van der Waals surface area (Å²) in [5.74, 6) is 1.26. The van der Waals surface area contributed by atoms with Crippen molar-refractivity contribution >= 4 is 5.96 Å². The number of benzene rings is 2. The highest BCUT2D eigenvalue weighted by molar-refractivity contribution is 5.79. The summed E-state index contributed by atoms with van der Waals surface area (Å²) >= 11 is 0. The smallest absolute Gasteiger partial charge is 0.191 e. The van der Waals surface area contributed by atoms with E-state index < -0.39 is 0 Å². The van der Waals surface area contributed by atoms with Gasteiger partial charge in [-0.1, -0.05) is 54.1 Å². The van der Waals surface area contributed by atoms with E-state index in [1.165, 1.54) is 22.3 Å². The van der Waals surface area contributed by atoms with Crippen molar-refractivity contribution in [2.45, 2.75) is 45.9 Å². The van der Waals surface area contributed by atoms with Crippen LogP contribution in [0.25, 0.3) is 0 Å². The van der Waals surface area contributed by atoms with Gasteiger partial charge in [-0.15, -0.1) is 0 Å². The Hall–Kier alpha value is -3.12. The Labute approximate surface area is 197 Å². The fourth-order valence-corrected chi connectivity index (χ4v) is 4.35. The second kappa shape index (κ2) is 11.7. The van der Waals surface area contributed by atoms with E-state index in [4.69, 9.17) is 9.73 Å². The fourth-order valence-electron chi connectivity index (χ4n) is 4.35. The Balaban J connectivity index is 1.42. The summed E-state index contributed by atoms with van der Waals surface area (Å²) in [5.41, 5.74) is 4.99. The second-order valence-electron chi connectivity index (χ2n) is 8.65. The number of aromatic nitrogens is 2. The molecule has 0 spiro atoms. The number of aliphatic imine (C=N–C) groups is 1. The molecule has 2 N–H and O–H groups in total. The number of ether oxygens (including phenoxy) is 1. The molecular weight excluding hydrogens is 410 g/mol. The van der Waals surface area contributed by atoms with Gasteiger partial charge in [-0.05, 0) is 49.4 Å². The molecule has 6 heteroatoms. The lowest BCUT2D eigenvalue weighted by atomic mass is 9.89. The lowest BCUT2D eigenvalue weighted by Gasteiger charge is -2.32. The van der Waals surface area contributed by atoms with Gasteiger partial charge in [-0.2, -0.15) is 5.10 Å². The van der Waals surface area contributed by atoms with Gasteiger partial charge in [0.05, 0.1) is 19.2 Å². The van der Waals surface area contributed by atoms with Gasteiger partial charge in [0.25, 0.3) is 0 Å². The molecule has 0 radical (unpaired) electrons. The van der Waals surface area contributed by atoms with Crippen LogP contribution in [0.4, 0.5) is 0 Å². The second-order valence-corrected chi connectivity index (χ2v) is 8.65. The first-order valence-electron chi connectivity index (χ1n) is 12.0. The van der Waals surface area contributed by atoms with Crippen molar-refractivity contribution in [3.8, 4) is 0 Å². The number of hydrogen-bond acceptors (Lipinski definition) is 3. The maximum Gasteiger partial charge on any atom is 0.191 e. The Morgan fingerprint density at radius 2 is 1.91 bits per heavy atom. The molecule has 1 saturated heterocycles.